The molecule has 0 bridgehead atoms. The fourth-order valence-electron chi connectivity index (χ4n) is 2.05. The molecule has 10 heteroatoms. The first kappa shape index (κ1) is 20.4. The molecule has 0 unspecified atom stereocenters. The van der Waals surface area contributed by atoms with E-state index in [4.69, 9.17) is 11.6 Å². The molecule has 1 aromatic heterocycles. The van der Waals surface area contributed by atoms with Gasteiger partial charge in [-0.3, -0.25) is 9.59 Å². The van der Waals surface area contributed by atoms with Crippen LogP contribution in [0.1, 0.15) is 11.8 Å². The fraction of sp³-hybridized carbons (Fsp3) is 0.250. The van der Waals surface area contributed by atoms with Gasteiger partial charge in [-0.05, 0) is 36.4 Å². The van der Waals surface area contributed by atoms with Gasteiger partial charge in [0.2, 0.25) is 21.8 Å². The number of thiophene rings is 1. The highest BCUT2D eigenvalue weighted by Crippen LogP contribution is 2.22. The number of nitrogens with one attached hydrogen (secondary N) is 2. The van der Waals surface area contributed by atoms with Gasteiger partial charge >= 0.3 is 0 Å². The molecule has 0 atom stereocenters. The molecule has 0 fully saturated rings. The Morgan fingerprint density at radius 1 is 1.15 bits per heavy atom. The van der Waals surface area contributed by atoms with Gasteiger partial charge in [-0.2, -0.15) is 0 Å². The minimum absolute atomic E-state index is 0.00657. The van der Waals surface area contributed by atoms with Crippen LogP contribution in [0.2, 0.25) is 4.34 Å². The topological polar surface area (TPSA) is 95.6 Å². The number of carbonyl (C=O) groups is 2. The lowest BCUT2D eigenvalue weighted by molar-refractivity contribution is -0.129. The third kappa shape index (κ3) is 5.80. The van der Waals surface area contributed by atoms with Crippen LogP contribution >= 0.6 is 22.9 Å². The van der Waals surface area contributed by atoms with E-state index < -0.39 is 10.0 Å². The third-order valence-corrected chi connectivity index (χ3v) is 5.98. The molecule has 0 radical (unpaired) electrons. The SMILES string of the molecule is CC(=O)Nc1ccc(S(=O)(=O)NCC(=O)N(C)Cc2ccc(Cl)s2)cc1. The first-order valence-corrected chi connectivity index (χ1v) is 10.2. The highest BCUT2D eigenvalue weighted by Gasteiger charge is 2.18. The number of sulfonamides is 1. The maximum Gasteiger partial charge on any atom is 0.241 e. The Labute approximate surface area is 161 Å². The summed E-state index contributed by atoms with van der Waals surface area (Å²) in [5.74, 6) is -0.618. The normalized spacial score (nSPS) is 11.2. The summed E-state index contributed by atoms with van der Waals surface area (Å²) in [6.45, 7) is 1.35. The maximum atomic E-state index is 12.3. The number of halogens is 1. The Bertz CT molecular complexity index is 894. The molecular weight excluding hydrogens is 398 g/mol. The van der Waals surface area contributed by atoms with Crippen molar-refractivity contribution in [3.05, 3.63) is 45.6 Å². The van der Waals surface area contributed by atoms with Crippen molar-refractivity contribution in [1.29, 1.82) is 0 Å². The molecule has 0 spiro atoms. The first-order chi connectivity index (χ1) is 12.2. The zero-order valence-electron chi connectivity index (χ0n) is 14.2. The minimum atomic E-state index is -3.83. The summed E-state index contributed by atoms with van der Waals surface area (Å²) in [6, 6.07) is 9.23. The summed E-state index contributed by atoms with van der Waals surface area (Å²) in [5.41, 5.74) is 0.488. The van der Waals surface area contributed by atoms with Crippen molar-refractivity contribution in [2.75, 3.05) is 18.9 Å². The number of amides is 2. The Morgan fingerprint density at radius 2 is 1.81 bits per heavy atom. The zero-order valence-corrected chi connectivity index (χ0v) is 16.5. The number of hydrogen-bond acceptors (Lipinski definition) is 5. The van der Waals surface area contributed by atoms with Crippen molar-refractivity contribution in [2.24, 2.45) is 0 Å². The Hall–Kier alpha value is -1.94. The van der Waals surface area contributed by atoms with Crippen LogP contribution in [0.15, 0.2) is 41.3 Å². The molecule has 2 amide bonds. The molecule has 0 saturated heterocycles. The van der Waals surface area contributed by atoms with Crippen molar-refractivity contribution in [2.45, 2.75) is 18.4 Å². The molecule has 0 saturated carbocycles. The molecule has 2 N–H and O–H groups in total. The number of carbonyl (C=O) groups excluding carboxylic acids is 2. The quantitative estimate of drug-likeness (QED) is 0.725. The lowest BCUT2D eigenvalue weighted by Gasteiger charge is -2.16. The van der Waals surface area contributed by atoms with E-state index in [1.54, 1.807) is 13.1 Å². The highest BCUT2D eigenvalue weighted by atomic mass is 35.5. The van der Waals surface area contributed by atoms with Gasteiger partial charge in [-0.1, -0.05) is 11.6 Å². The largest absolute Gasteiger partial charge is 0.339 e. The average molecular weight is 416 g/mol. The van der Waals surface area contributed by atoms with Gasteiger partial charge in [0, 0.05) is 24.5 Å². The van der Waals surface area contributed by atoms with Gasteiger partial charge in [0.25, 0.3) is 0 Å². The Kier molecular flexibility index (Phi) is 6.76. The molecule has 140 valence electrons. The maximum absolute atomic E-state index is 12.3. The predicted octanol–water partition coefficient (Wildman–Crippen LogP) is 2.30. The van der Waals surface area contributed by atoms with Crippen LogP contribution in [-0.2, 0) is 26.2 Å². The number of likely N-dealkylation sites (N-methyl/N-ethyl adjacent to an activating group) is 1. The van der Waals surface area contributed by atoms with E-state index in [1.165, 1.54) is 47.4 Å². The summed E-state index contributed by atoms with van der Waals surface area (Å²) in [4.78, 5) is 25.4. The van der Waals surface area contributed by atoms with E-state index in [0.29, 0.717) is 16.6 Å². The number of nitrogens with zero attached hydrogens (tertiary/aromatic N) is 1. The van der Waals surface area contributed by atoms with Crippen LogP contribution < -0.4 is 10.0 Å². The van der Waals surface area contributed by atoms with Crippen molar-refractivity contribution in [1.82, 2.24) is 9.62 Å². The summed E-state index contributed by atoms with van der Waals surface area (Å²) >= 11 is 7.21. The van der Waals surface area contributed by atoms with Gasteiger partial charge < -0.3 is 10.2 Å². The van der Waals surface area contributed by atoms with Gasteiger partial charge in [0.05, 0.1) is 22.3 Å². The molecule has 0 aliphatic carbocycles. The Balaban J connectivity index is 1.94. The highest BCUT2D eigenvalue weighted by molar-refractivity contribution is 7.89. The number of rotatable bonds is 7. The van der Waals surface area contributed by atoms with Crippen molar-refractivity contribution in [3.63, 3.8) is 0 Å². The molecule has 7 nitrogen and oxygen atoms in total. The molecule has 1 aromatic carbocycles. The van der Waals surface area contributed by atoms with Crippen molar-refractivity contribution in [3.8, 4) is 0 Å². The van der Waals surface area contributed by atoms with E-state index in [2.05, 4.69) is 10.0 Å². The summed E-state index contributed by atoms with van der Waals surface area (Å²) in [5, 5.41) is 2.55. The van der Waals surface area contributed by atoms with Crippen LogP contribution in [0.3, 0.4) is 0 Å². The van der Waals surface area contributed by atoms with Gasteiger partial charge in [0.15, 0.2) is 0 Å². The van der Waals surface area contributed by atoms with E-state index in [1.807, 2.05) is 6.07 Å². The molecule has 2 rings (SSSR count). The molecule has 2 aromatic rings. The fourth-order valence-corrected chi connectivity index (χ4v) is 4.17. The second-order valence-electron chi connectivity index (χ2n) is 5.49. The van der Waals surface area contributed by atoms with E-state index in [9.17, 15) is 18.0 Å². The smallest absolute Gasteiger partial charge is 0.241 e. The molecule has 1 heterocycles. The predicted molar refractivity (Wildman–Crippen MR) is 102 cm³/mol. The van der Waals surface area contributed by atoms with E-state index in [0.717, 1.165) is 4.88 Å². The minimum Gasteiger partial charge on any atom is -0.339 e. The Morgan fingerprint density at radius 3 is 2.35 bits per heavy atom. The van der Waals surface area contributed by atoms with Crippen LogP contribution in [0.5, 0.6) is 0 Å². The van der Waals surface area contributed by atoms with Crippen LogP contribution in [0, 0.1) is 0 Å². The van der Waals surface area contributed by atoms with Crippen molar-refractivity contribution >= 4 is 50.5 Å². The number of benzene rings is 1. The summed E-state index contributed by atoms with van der Waals surface area (Å²) in [6.07, 6.45) is 0. The van der Waals surface area contributed by atoms with E-state index >= 15 is 0 Å². The van der Waals surface area contributed by atoms with Gasteiger partial charge in [0.1, 0.15) is 0 Å². The van der Waals surface area contributed by atoms with Crippen LogP contribution in [-0.4, -0.2) is 38.7 Å². The molecule has 0 aliphatic heterocycles. The van der Waals surface area contributed by atoms with E-state index in [-0.39, 0.29) is 23.3 Å². The average Bonchev–Trinajstić information content (AvgIpc) is 2.97. The lowest BCUT2D eigenvalue weighted by atomic mass is 10.3. The number of anilines is 1. The molecule has 0 aliphatic rings. The van der Waals surface area contributed by atoms with Crippen LogP contribution in [0.4, 0.5) is 5.69 Å². The molecule has 26 heavy (non-hydrogen) atoms. The standard InChI is InChI=1S/C16H18ClN3O4S2/c1-11(21)19-12-3-6-14(7-4-12)26(23,24)18-9-16(22)20(2)10-13-5-8-15(17)25-13/h3-8,18H,9-10H2,1-2H3,(H,19,21). The second-order valence-corrected chi connectivity index (χ2v) is 9.05. The monoisotopic (exact) mass is 415 g/mol. The number of hydrogen-bond donors (Lipinski definition) is 2. The zero-order chi connectivity index (χ0) is 19.3. The second kappa shape index (κ2) is 8.63. The summed E-state index contributed by atoms with van der Waals surface area (Å²) in [7, 11) is -2.24. The third-order valence-electron chi connectivity index (χ3n) is 3.35. The van der Waals surface area contributed by atoms with Crippen molar-refractivity contribution < 1.29 is 18.0 Å². The lowest BCUT2D eigenvalue weighted by Crippen LogP contribution is -2.37. The van der Waals surface area contributed by atoms with Gasteiger partial charge in [-0.15, -0.1) is 11.3 Å². The summed E-state index contributed by atoms with van der Waals surface area (Å²) < 4.78 is 27.4. The molecular formula is C16H18ClN3O4S2. The first-order valence-electron chi connectivity index (χ1n) is 7.53. The van der Waals surface area contributed by atoms with Gasteiger partial charge in [-0.25, -0.2) is 13.1 Å². The van der Waals surface area contributed by atoms with Crippen LogP contribution in [0.25, 0.3) is 0 Å².